The number of hydrogen-bond donors (Lipinski definition) is 1. The maximum absolute atomic E-state index is 5.30. The zero-order valence-electron chi connectivity index (χ0n) is 15.4. The first-order valence-electron chi connectivity index (χ1n) is 8.97. The number of rotatable bonds is 5. The quantitative estimate of drug-likeness (QED) is 0.912. The third kappa shape index (κ3) is 3.87. The van der Waals surface area contributed by atoms with Crippen molar-refractivity contribution >= 4 is 0 Å². The molecule has 0 amide bonds. The van der Waals surface area contributed by atoms with Crippen LogP contribution in [0.5, 0.6) is 0 Å². The van der Waals surface area contributed by atoms with Crippen LogP contribution in [0.3, 0.4) is 0 Å². The minimum absolute atomic E-state index is 0.941. The Morgan fingerprint density at radius 3 is 2.33 bits per heavy atom. The summed E-state index contributed by atoms with van der Waals surface area (Å²) in [5, 5.41) is 4.07. The first kappa shape index (κ1) is 17.2. The maximum atomic E-state index is 5.30. The van der Waals surface area contributed by atoms with Crippen molar-refractivity contribution in [1.82, 2.24) is 24.9 Å². The fourth-order valence-electron chi connectivity index (χ4n) is 3.39. The van der Waals surface area contributed by atoms with Crippen molar-refractivity contribution in [2.45, 2.75) is 53.6 Å². The number of imidazole rings is 1. The second-order valence-corrected chi connectivity index (χ2v) is 6.82. The average Bonchev–Trinajstić information content (AvgIpc) is 2.97. The molecule has 1 saturated heterocycles. The molecular formula is C18H29N5O. The van der Waals surface area contributed by atoms with E-state index in [0.29, 0.717) is 0 Å². The number of nitrogens with zero attached hydrogens (tertiary/aromatic N) is 4. The zero-order chi connectivity index (χ0) is 17.1. The Bertz CT molecular complexity index is 656. The Kier molecular flexibility index (Phi) is 5.36. The summed E-state index contributed by atoms with van der Waals surface area (Å²) >= 11 is 0. The van der Waals surface area contributed by atoms with Crippen molar-refractivity contribution in [1.29, 1.82) is 0 Å². The minimum Gasteiger partial charge on any atom is -0.361 e. The molecular weight excluding hydrogens is 302 g/mol. The Labute approximate surface area is 144 Å². The third-order valence-corrected chi connectivity index (χ3v) is 4.99. The fraction of sp³-hybridized carbons (Fsp3) is 0.667. The van der Waals surface area contributed by atoms with Crippen LogP contribution in [0.2, 0.25) is 0 Å². The first-order valence-corrected chi connectivity index (χ1v) is 8.97. The molecule has 24 heavy (non-hydrogen) atoms. The lowest BCUT2D eigenvalue weighted by Crippen LogP contribution is -2.30. The Balaban J connectivity index is 1.57. The molecule has 0 unspecified atom stereocenters. The molecule has 0 aromatic carbocycles. The minimum atomic E-state index is 0.941. The standard InChI is InChI=1S/C18H29N5O/c1-5-18-19-14(3)17(20-18)12-23-8-6-7-22(9-10-23)11-16-13(2)21-24-15(16)4/h5-12H2,1-4H3,(H,19,20). The molecule has 0 spiro atoms. The van der Waals surface area contributed by atoms with Crippen LogP contribution >= 0.6 is 0 Å². The number of hydrogen-bond acceptors (Lipinski definition) is 5. The molecule has 0 aliphatic carbocycles. The maximum Gasteiger partial charge on any atom is 0.138 e. The van der Waals surface area contributed by atoms with E-state index in [0.717, 1.165) is 63.0 Å². The van der Waals surface area contributed by atoms with E-state index in [9.17, 15) is 0 Å². The highest BCUT2D eigenvalue weighted by atomic mass is 16.5. The van der Waals surface area contributed by atoms with Crippen molar-refractivity contribution in [3.8, 4) is 0 Å². The van der Waals surface area contributed by atoms with Crippen molar-refractivity contribution in [3.63, 3.8) is 0 Å². The van der Waals surface area contributed by atoms with E-state index in [1.807, 2.05) is 13.8 Å². The van der Waals surface area contributed by atoms with E-state index in [1.54, 1.807) is 0 Å². The van der Waals surface area contributed by atoms with Crippen LogP contribution in [0.15, 0.2) is 4.52 Å². The van der Waals surface area contributed by atoms with Gasteiger partial charge in [0.05, 0.1) is 11.4 Å². The largest absolute Gasteiger partial charge is 0.361 e. The Morgan fingerprint density at radius 2 is 1.75 bits per heavy atom. The van der Waals surface area contributed by atoms with Crippen LogP contribution in [-0.2, 0) is 19.5 Å². The summed E-state index contributed by atoms with van der Waals surface area (Å²) in [6.07, 6.45) is 2.15. The summed E-state index contributed by atoms with van der Waals surface area (Å²) < 4.78 is 5.30. The summed E-state index contributed by atoms with van der Waals surface area (Å²) in [5.74, 6) is 2.05. The van der Waals surface area contributed by atoms with Gasteiger partial charge >= 0.3 is 0 Å². The lowest BCUT2D eigenvalue weighted by atomic mass is 10.2. The first-order chi connectivity index (χ1) is 11.6. The van der Waals surface area contributed by atoms with Gasteiger partial charge in [-0.25, -0.2) is 4.98 Å². The molecule has 2 aromatic rings. The van der Waals surface area contributed by atoms with Gasteiger partial charge < -0.3 is 9.51 Å². The summed E-state index contributed by atoms with van der Waals surface area (Å²) in [6, 6.07) is 0. The van der Waals surface area contributed by atoms with Gasteiger partial charge in [-0.3, -0.25) is 9.80 Å². The van der Waals surface area contributed by atoms with E-state index in [1.165, 1.54) is 23.4 Å². The number of aryl methyl sites for hydroxylation is 4. The van der Waals surface area contributed by atoms with Crippen molar-refractivity contribution in [2.75, 3.05) is 26.2 Å². The molecule has 1 aliphatic heterocycles. The smallest absolute Gasteiger partial charge is 0.138 e. The molecule has 6 heteroatoms. The van der Waals surface area contributed by atoms with Gasteiger partial charge in [0, 0.05) is 43.9 Å². The van der Waals surface area contributed by atoms with E-state index in [-0.39, 0.29) is 0 Å². The summed E-state index contributed by atoms with van der Waals surface area (Å²) in [5.41, 5.74) is 4.68. The number of H-pyrrole nitrogens is 1. The molecule has 0 atom stereocenters. The van der Waals surface area contributed by atoms with Gasteiger partial charge in [0.15, 0.2) is 0 Å². The van der Waals surface area contributed by atoms with Crippen molar-refractivity contribution in [3.05, 3.63) is 34.2 Å². The average molecular weight is 331 g/mol. The van der Waals surface area contributed by atoms with Gasteiger partial charge in [-0.15, -0.1) is 0 Å². The van der Waals surface area contributed by atoms with Gasteiger partial charge in [0.2, 0.25) is 0 Å². The lowest BCUT2D eigenvalue weighted by molar-refractivity contribution is 0.244. The normalized spacial score (nSPS) is 17.3. The number of aromatic amines is 1. The molecule has 6 nitrogen and oxygen atoms in total. The summed E-state index contributed by atoms with van der Waals surface area (Å²) in [6.45, 7) is 14.6. The second-order valence-electron chi connectivity index (χ2n) is 6.82. The molecule has 1 N–H and O–H groups in total. The van der Waals surface area contributed by atoms with Gasteiger partial charge in [-0.1, -0.05) is 12.1 Å². The molecule has 3 rings (SSSR count). The van der Waals surface area contributed by atoms with Gasteiger partial charge in [-0.05, 0) is 40.3 Å². The monoisotopic (exact) mass is 331 g/mol. The van der Waals surface area contributed by atoms with E-state index in [4.69, 9.17) is 9.51 Å². The molecule has 1 fully saturated rings. The van der Waals surface area contributed by atoms with E-state index >= 15 is 0 Å². The second kappa shape index (κ2) is 7.49. The highest BCUT2D eigenvalue weighted by molar-refractivity contribution is 5.20. The van der Waals surface area contributed by atoms with Crippen molar-refractivity contribution in [2.24, 2.45) is 0 Å². The third-order valence-electron chi connectivity index (χ3n) is 4.99. The number of nitrogens with one attached hydrogen (secondary N) is 1. The molecule has 0 saturated carbocycles. The molecule has 0 bridgehead atoms. The topological polar surface area (TPSA) is 61.2 Å². The number of aromatic nitrogens is 3. The Hall–Kier alpha value is -1.66. The predicted octanol–water partition coefficient (Wildman–Crippen LogP) is 2.59. The highest BCUT2D eigenvalue weighted by Crippen LogP contribution is 2.17. The molecule has 1 aliphatic rings. The van der Waals surface area contributed by atoms with Crippen LogP contribution < -0.4 is 0 Å². The van der Waals surface area contributed by atoms with E-state index < -0.39 is 0 Å². The molecule has 3 heterocycles. The molecule has 132 valence electrons. The predicted molar refractivity (Wildman–Crippen MR) is 93.9 cm³/mol. The molecule has 0 radical (unpaired) electrons. The van der Waals surface area contributed by atoms with Gasteiger partial charge in [0.1, 0.15) is 11.6 Å². The SMILES string of the molecule is CCc1nc(CN2CCCN(Cc3c(C)noc3C)CC2)c(C)[nH]1. The van der Waals surface area contributed by atoms with Crippen molar-refractivity contribution < 1.29 is 4.52 Å². The lowest BCUT2D eigenvalue weighted by Gasteiger charge is -2.21. The molecule has 2 aromatic heterocycles. The fourth-order valence-corrected chi connectivity index (χ4v) is 3.39. The Morgan fingerprint density at radius 1 is 1.04 bits per heavy atom. The van der Waals surface area contributed by atoms with Crippen LogP contribution in [0.4, 0.5) is 0 Å². The van der Waals surface area contributed by atoms with Crippen LogP contribution in [0, 0.1) is 20.8 Å². The van der Waals surface area contributed by atoms with E-state index in [2.05, 4.69) is 33.8 Å². The van der Waals surface area contributed by atoms with Gasteiger partial charge in [-0.2, -0.15) is 0 Å². The van der Waals surface area contributed by atoms with Crippen LogP contribution in [0.25, 0.3) is 0 Å². The van der Waals surface area contributed by atoms with Crippen LogP contribution in [-0.4, -0.2) is 51.1 Å². The zero-order valence-corrected chi connectivity index (χ0v) is 15.4. The van der Waals surface area contributed by atoms with Gasteiger partial charge in [0.25, 0.3) is 0 Å². The summed E-state index contributed by atoms with van der Waals surface area (Å²) in [4.78, 5) is 13.1. The summed E-state index contributed by atoms with van der Waals surface area (Å²) in [7, 11) is 0. The highest BCUT2D eigenvalue weighted by Gasteiger charge is 2.19. The van der Waals surface area contributed by atoms with Crippen LogP contribution in [0.1, 0.15) is 47.6 Å².